The Morgan fingerprint density at radius 1 is 1.04 bits per heavy atom. The molecular formula is C17H15FN2O3. The Kier molecular flexibility index (Phi) is 3.52. The number of halogens is 1. The molecule has 0 unspecified atom stereocenters. The number of fused-ring (bicyclic) bond motifs is 1. The number of aromatic hydroxyl groups is 1. The molecule has 0 aliphatic heterocycles. The summed E-state index contributed by atoms with van der Waals surface area (Å²) in [4.78, 5) is 24.5. The molecule has 0 radical (unpaired) electrons. The van der Waals surface area contributed by atoms with Crippen molar-refractivity contribution in [1.29, 1.82) is 0 Å². The molecule has 0 saturated carbocycles. The normalized spacial score (nSPS) is 11.1. The highest BCUT2D eigenvalue weighted by Crippen LogP contribution is 2.18. The molecule has 1 aromatic carbocycles. The van der Waals surface area contributed by atoms with E-state index in [1.54, 1.807) is 29.9 Å². The van der Waals surface area contributed by atoms with Crippen LogP contribution in [0.15, 0.2) is 46.2 Å². The van der Waals surface area contributed by atoms with E-state index in [9.17, 15) is 19.1 Å². The van der Waals surface area contributed by atoms with Crippen molar-refractivity contribution in [1.82, 2.24) is 9.13 Å². The van der Waals surface area contributed by atoms with Crippen molar-refractivity contribution in [2.45, 2.75) is 6.42 Å². The van der Waals surface area contributed by atoms with Crippen LogP contribution in [0.5, 0.6) is 5.75 Å². The molecule has 0 fully saturated rings. The van der Waals surface area contributed by atoms with Gasteiger partial charge in [0.05, 0.1) is 10.9 Å². The third-order valence-electron chi connectivity index (χ3n) is 3.89. The number of hydrogen-bond acceptors (Lipinski definition) is 3. The SMILES string of the molecule is Cn1cc2c(c(O)c1=O)c(=O)c(Cc1ccc(F)cc1)cn2C. The van der Waals surface area contributed by atoms with Crippen LogP contribution in [0.2, 0.25) is 0 Å². The highest BCUT2D eigenvalue weighted by molar-refractivity contribution is 5.84. The third kappa shape index (κ3) is 2.52. The summed E-state index contributed by atoms with van der Waals surface area (Å²) >= 11 is 0. The van der Waals surface area contributed by atoms with Crippen molar-refractivity contribution in [3.8, 4) is 5.75 Å². The second-order valence-corrected chi connectivity index (χ2v) is 5.55. The predicted molar refractivity (Wildman–Crippen MR) is 85.3 cm³/mol. The van der Waals surface area contributed by atoms with E-state index in [1.807, 2.05) is 0 Å². The number of rotatable bonds is 2. The molecular weight excluding hydrogens is 299 g/mol. The number of nitrogens with zero attached hydrogens (tertiary/aromatic N) is 2. The van der Waals surface area contributed by atoms with Gasteiger partial charge in [-0.3, -0.25) is 9.59 Å². The smallest absolute Gasteiger partial charge is 0.293 e. The maximum atomic E-state index is 13.0. The van der Waals surface area contributed by atoms with E-state index in [0.29, 0.717) is 11.1 Å². The number of benzene rings is 1. The zero-order valence-corrected chi connectivity index (χ0v) is 12.7. The highest BCUT2D eigenvalue weighted by Gasteiger charge is 2.15. The molecule has 3 rings (SSSR count). The Morgan fingerprint density at radius 3 is 2.35 bits per heavy atom. The van der Waals surface area contributed by atoms with Gasteiger partial charge in [0.15, 0.2) is 11.2 Å². The maximum Gasteiger partial charge on any atom is 0.293 e. The zero-order valence-electron chi connectivity index (χ0n) is 12.7. The molecule has 0 amide bonds. The Hall–Kier alpha value is -2.89. The average Bonchev–Trinajstić information content (AvgIpc) is 2.52. The van der Waals surface area contributed by atoms with Gasteiger partial charge in [-0.2, -0.15) is 0 Å². The highest BCUT2D eigenvalue weighted by atomic mass is 19.1. The summed E-state index contributed by atoms with van der Waals surface area (Å²) in [6, 6.07) is 5.86. The fraction of sp³-hybridized carbons (Fsp3) is 0.176. The van der Waals surface area contributed by atoms with Crippen molar-refractivity contribution in [3.63, 3.8) is 0 Å². The summed E-state index contributed by atoms with van der Waals surface area (Å²) in [5, 5.41) is 10.1. The molecule has 0 atom stereocenters. The lowest BCUT2D eigenvalue weighted by atomic mass is 10.0. The largest absolute Gasteiger partial charge is 0.502 e. The van der Waals surface area contributed by atoms with Crippen LogP contribution in [0.3, 0.4) is 0 Å². The van der Waals surface area contributed by atoms with Crippen LogP contribution < -0.4 is 11.0 Å². The molecule has 6 heteroatoms. The molecule has 0 saturated heterocycles. The third-order valence-corrected chi connectivity index (χ3v) is 3.89. The van der Waals surface area contributed by atoms with E-state index in [4.69, 9.17) is 0 Å². The molecule has 23 heavy (non-hydrogen) atoms. The first kappa shape index (κ1) is 15.0. The molecule has 0 bridgehead atoms. The van der Waals surface area contributed by atoms with Gasteiger partial charge in [-0.15, -0.1) is 0 Å². The van der Waals surface area contributed by atoms with Crippen LogP contribution in [-0.4, -0.2) is 14.2 Å². The van der Waals surface area contributed by atoms with E-state index in [2.05, 4.69) is 0 Å². The van der Waals surface area contributed by atoms with Crippen LogP contribution >= 0.6 is 0 Å². The molecule has 0 spiro atoms. The van der Waals surface area contributed by atoms with Crippen LogP contribution in [-0.2, 0) is 20.5 Å². The van der Waals surface area contributed by atoms with Crippen LogP contribution in [0.25, 0.3) is 10.9 Å². The van der Waals surface area contributed by atoms with Crippen LogP contribution in [0.4, 0.5) is 4.39 Å². The Morgan fingerprint density at radius 2 is 1.70 bits per heavy atom. The topological polar surface area (TPSA) is 64.2 Å². The number of aryl methyl sites for hydroxylation is 2. The summed E-state index contributed by atoms with van der Waals surface area (Å²) < 4.78 is 15.9. The second kappa shape index (κ2) is 5.39. The van der Waals surface area contributed by atoms with E-state index in [-0.39, 0.29) is 17.6 Å². The first-order valence-corrected chi connectivity index (χ1v) is 7.03. The Bertz CT molecular complexity index is 1020. The van der Waals surface area contributed by atoms with Gasteiger partial charge in [0.25, 0.3) is 5.56 Å². The van der Waals surface area contributed by atoms with Crippen molar-refractivity contribution >= 4 is 10.9 Å². The first-order chi connectivity index (χ1) is 10.9. The van der Waals surface area contributed by atoms with Gasteiger partial charge in [-0.05, 0) is 17.7 Å². The predicted octanol–water partition coefficient (Wildman–Crippen LogP) is 1.67. The van der Waals surface area contributed by atoms with Crippen molar-refractivity contribution in [2.75, 3.05) is 0 Å². The van der Waals surface area contributed by atoms with Crippen molar-refractivity contribution in [3.05, 3.63) is 74.2 Å². The van der Waals surface area contributed by atoms with Gasteiger partial charge in [0.2, 0.25) is 0 Å². The standard InChI is InChI=1S/C17H15FN2O3/c1-19-8-11(7-10-3-5-12(18)6-4-10)15(21)14-13(19)9-20(2)17(23)16(14)22/h3-6,8-9,22H,7H2,1-2H3. The van der Waals surface area contributed by atoms with E-state index in [0.717, 1.165) is 5.56 Å². The lowest BCUT2D eigenvalue weighted by molar-refractivity contribution is 0.467. The molecule has 3 aromatic rings. The molecule has 0 aliphatic rings. The summed E-state index contributed by atoms with van der Waals surface area (Å²) in [5.74, 6) is -0.895. The van der Waals surface area contributed by atoms with Crippen LogP contribution in [0, 0.1) is 5.82 Å². The summed E-state index contributed by atoms with van der Waals surface area (Å²) in [7, 11) is 3.25. The van der Waals surface area contributed by atoms with Gasteiger partial charge in [-0.25, -0.2) is 4.39 Å². The summed E-state index contributed by atoms with van der Waals surface area (Å²) in [5.41, 5.74) is 0.657. The number of pyridine rings is 2. The van der Waals surface area contributed by atoms with Crippen LogP contribution in [0.1, 0.15) is 11.1 Å². The van der Waals surface area contributed by atoms with Gasteiger partial charge in [0, 0.05) is 38.5 Å². The number of hydrogen-bond donors (Lipinski definition) is 1. The zero-order chi connectivity index (χ0) is 16.7. The van der Waals surface area contributed by atoms with Crippen molar-refractivity contribution < 1.29 is 9.50 Å². The minimum Gasteiger partial charge on any atom is -0.502 e. The molecule has 118 valence electrons. The summed E-state index contributed by atoms with van der Waals surface area (Å²) in [6.07, 6.45) is 3.47. The van der Waals surface area contributed by atoms with Gasteiger partial charge in [-0.1, -0.05) is 12.1 Å². The second-order valence-electron chi connectivity index (χ2n) is 5.55. The lowest BCUT2D eigenvalue weighted by Gasteiger charge is -2.11. The maximum absolute atomic E-state index is 13.0. The van der Waals surface area contributed by atoms with Gasteiger partial charge in [0.1, 0.15) is 5.82 Å². The molecule has 5 nitrogen and oxygen atoms in total. The molecule has 2 heterocycles. The molecule has 2 aromatic heterocycles. The van der Waals surface area contributed by atoms with E-state index in [1.165, 1.54) is 29.9 Å². The first-order valence-electron chi connectivity index (χ1n) is 7.03. The quantitative estimate of drug-likeness (QED) is 0.782. The monoisotopic (exact) mass is 314 g/mol. The van der Waals surface area contributed by atoms with Crippen molar-refractivity contribution in [2.24, 2.45) is 14.1 Å². The van der Waals surface area contributed by atoms with Gasteiger partial charge < -0.3 is 14.2 Å². The van der Waals surface area contributed by atoms with Gasteiger partial charge >= 0.3 is 0 Å². The Balaban J connectivity index is 2.23. The van der Waals surface area contributed by atoms with E-state index < -0.39 is 16.7 Å². The fourth-order valence-electron chi connectivity index (χ4n) is 2.66. The minimum atomic E-state index is -0.617. The molecule has 0 aliphatic carbocycles. The Labute approximate surface area is 130 Å². The lowest BCUT2D eigenvalue weighted by Crippen LogP contribution is -2.22. The molecule has 1 N–H and O–H groups in total. The number of aromatic nitrogens is 2. The summed E-state index contributed by atoms with van der Waals surface area (Å²) in [6.45, 7) is 0. The van der Waals surface area contributed by atoms with E-state index >= 15 is 0 Å². The minimum absolute atomic E-state index is 0.00946. The fourth-order valence-corrected chi connectivity index (χ4v) is 2.66. The average molecular weight is 314 g/mol.